The van der Waals surface area contributed by atoms with E-state index in [9.17, 15) is 0 Å². The highest BCUT2D eigenvalue weighted by molar-refractivity contribution is 9.10. The molecule has 0 aromatic heterocycles. The van der Waals surface area contributed by atoms with E-state index < -0.39 is 0 Å². The normalized spacial score (nSPS) is 13.8. The molecule has 0 saturated carbocycles. The van der Waals surface area contributed by atoms with E-state index in [2.05, 4.69) is 80.1 Å². The average Bonchev–Trinajstić information content (AvgIpc) is 2.33. The molecule has 1 rings (SSSR count). The van der Waals surface area contributed by atoms with Crippen LogP contribution in [0.4, 0.5) is 0 Å². The van der Waals surface area contributed by atoms with Gasteiger partial charge in [-0.3, -0.25) is 0 Å². The molecule has 0 aliphatic rings. The fourth-order valence-corrected chi connectivity index (χ4v) is 2.26. The highest BCUT2D eigenvalue weighted by Gasteiger charge is 2.16. The summed E-state index contributed by atoms with van der Waals surface area (Å²) in [6.07, 6.45) is 1.35. The largest absolute Gasteiger partial charge is 0.379 e. The lowest BCUT2D eigenvalue weighted by atomic mass is 9.95. The Hall–Kier alpha value is -0.380. The molecule has 0 spiro atoms. The van der Waals surface area contributed by atoms with Crippen LogP contribution >= 0.6 is 15.9 Å². The lowest BCUT2D eigenvalue weighted by Crippen LogP contribution is -2.38. The van der Waals surface area contributed by atoms with Crippen molar-refractivity contribution in [1.29, 1.82) is 0 Å². The van der Waals surface area contributed by atoms with Gasteiger partial charge in [0.25, 0.3) is 0 Å². The molecule has 1 N–H and O–H groups in total. The van der Waals surface area contributed by atoms with Crippen molar-refractivity contribution in [2.45, 2.75) is 58.6 Å². The van der Waals surface area contributed by atoms with Crippen LogP contribution in [0.25, 0.3) is 0 Å². The van der Waals surface area contributed by atoms with Gasteiger partial charge in [0.05, 0.1) is 6.10 Å². The van der Waals surface area contributed by atoms with Crippen LogP contribution in [0.5, 0.6) is 0 Å². The first-order valence-electron chi connectivity index (χ1n) is 7.40. The molecule has 3 heteroatoms. The van der Waals surface area contributed by atoms with E-state index in [0.717, 1.165) is 24.0 Å². The molecule has 0 fully saturated rings. The first kappa shape index (κ1) is 17.7. The third kappa shape index (κ3) is 7.41. The maximum atomic E-state index is 5.71. The third-order valence-corrected chi connectivity index (χ3v) is 3.67. The third-order valence-electron chi connectivity index (χ3n) is 3.14. The lowest BCUT2D eigenvalue weighted by molar-refractivity contribution is 0.0729. The molecule has 1 atom stereocenters. The molecule has 0 bridgehead atoms. The number of halogens is 1. The monoisotopic (exact) mass is 341 g/mol. The minimum absolute atomic E-state index is 0.145. The summed E-state index contributed by atoms with van der Waals surface area (Å²) < 4.78 is 6.84. The minimum atomic E-state index is 0.145. The smallest absolute Gasteiger partial charge is 0.0518 e. The molecule has 1 aromatic rings. The van der Waals surface area contributed by atoms with Gasteiger partial charge in [0.1, 0.15) is 0 Å². The Morgan fingerprint density at radius 2 is 1.75 bits per heavy atom. The second-order valence-corrected chi connectivity index (χ2v) is 7.50. The predicted molar refractivity (Wildman–Crippen MR) is 90.3 cm³/mol. The number of nitrogens with one attached hydrogen (secondary N) is 1. The van der Waals surface area contributed by atoms with Crippen LogP contribution in [0.1, 0.15) is 52.5 Å². The van der Waals surface area contributed by atoms with Gasteiger partial charge in [0, 0.05) is 23.2 Å². The van der Waals surface area contributed by atoms with Crippen molar-refractivity contribution in [2.75, 3.05) is 13.2 Å². The molecular weight excluding hydrogens is 314 g/mol. The second kappa shape index (κ2) is 8.16. The Kier molecular flexibility index (Phi) is 7.21. The Morgan fingerprint density at radius 3 is 2.25 bits per heavy atom. The second-order valence-electron chi connectivity index (χ2n) is 6.59. The SMILES string of the molecule is CC(C)OCCC(CNC(C)(C)C)c1ccc(Br)cc1. The van der Waals surface area contributed by atoms with Crippen LogP contribution in [0, 0.1) is 0 Å². The van der Waals surface area contributed by atoms with Crippen LogP contribution in [-0.2, 0) is 4.74 Å². The van der Waals surface area contributed by atoms with Crippen LogP contribution < -0.4 is 5.32 Å². The van der Waals surface area contributed by atoms with E-state index in [0.29, 0.717) is 12.0 Å². The van der Waals surface area contributed by atoms with E-state index in [-0.39, 0.29) is 5.54 Å². The van der Waals surface area contributed by atoms with E-state index in [1.807, 2.05) is 0 Å². The molecule has 0 saturated heterocycles. The number of hydrogen-bond donors (Lipinski definition) is 1. The van der Waals surface area contributed by atoms with E-state index in [1.165, 1.54) is 5.56 Å². The summed E-state index contributed by atoms with van der Waals surface area (Å²) in [5.74, 6) is 0.487. The summed E-state index contributed by atoms with van der Waals surface area (Å²) in [5.41, 5.74) is 1.52. The molecule has 1 unspecified atom stereocenters. The molecule has 0 radical (unpaired) electrons. The Balaban J connectivity index is 2.65. The van der Waals surface area contributed by atoms with Gasteiger partial charge in [-0.1, -0.05) is 28.1 Å². The average molecular weight is 342 g/mol. The van der Waals surface area contributed by atoms with Gasteiger partial charge in [-0.05, 0) is 64.7 Å². The Morgan fingerprint density at radius 1 is 1.15 bits per heavy atom. The van der Waals surface area contributed by atoms with Crippen molar-refractivity contribution < 1.29 is 4.74 Å². The molecular formula is C17H28BrNO. The zero-order chi connectivity index (χ0) is 15.2. The van der Waals surface area contributed by atoms with Gasteiger partial charge in [-0.2, -0.15) is 0 Å². The fraction of sp³-hybridized carbons (Fsp3) is 0.647. The molecule has 0 amide bonds. The van der Waals surface area contributed by atoms with Crippen molar-refractivity contribution in [3.05, 3.63) is 34.3 Å². The highest BCUT2D eigenvalue weighted by atomic mass is 79.9. The Bertz CT molecular complexity index is 381. The summed E-state index contributed by atoms with van der Waals surface area (Å²) in [6.45, 7) is 12.6. The van der Waals surface area contributed by atoms with E-state index in [1.54, 1.807) is 0 Å². The van der Waals surface area contributed by atoms with Gasteiger partial charge < -0.3 is 10.1 Å². The molecule has 114 valence electrons. The summed E-state index contributed by atoms with van der Waals surface area (Å²) in [4.78, 5) is 0. The summed E-state index contributed by atoms with van der Waals surface area (Å²) >= 11 is 3.50. The van der Waals surface area contributed by atoms with Crippen LogP contribution in [-0.4, -0.2) is 24.8 Å². The van der Waals surface area contributed by atoms with Crippen LogP contribution in [0.2, 0.25) is 0 Å². The number of hydrogen-bond acceptors (Lipinski definition) is 2. The molecule has 0 aliphatic heterocycles. The summed E-state index contributed by atoms with van der Waals surface area (Å²) in [7, 11) is 0. The van der Waals surface area contributed by atoms with Crippen molar-refractivity contribution in [1.82, 2.24) is 5.32 Å². The molecule has 0 aliphatic carbocycles. The van der Waals surface area contributed by atoms with Crippen LogP contribution in [0.3, 0.4) is 0 Å². The lowest BCUT2D eigenvalue weighted by Gasteiger charge is -2.26. The molecule has 1 aromatic carbocycles. The first-order chi connectivity index (χ1) is 9.28. The number of rotatable bonds is 7. The van der Waals surface area contributed by atoms with E-state index in [4.69, 9.17) is 4.74 Å². The maximum Gasteiger partial charge on any atom is 0.0518 e. The molecule has 20 heavy (non-hydrogen) atoms. The van der Waals surface area contributed by atoms with Gasteiger partial charge >= 0.3 is 0 Å². The summed E-state index contributed by atoms with van der Waals surface area (Å²) in [5, 5.41) is 3.61. The van der Waals surface area contributed by atoms with Gasteiger partial charge in [-0.15, -0.1) is 0 Å². The maximum absolute atomic E-state index is 5.71. The standard InChI is InChI=1S/C17H28BrNO/c1-13(2)20-11-10-15(12-19-17(3,4)5)14-6-8-16(18)9-7-14/h6-9,13,15,19H,10-12H2,1-5H3. The fourth-order valence-electron chi connectivity index (χ4n) is 2.00. The van der Waals surface area contributed by atoms with Crippen LogP contribution in [0.15, 0.2) is 28.7 Å². The quantitative estimate of drug-likeness (QED) is 0.773. The summed E-state index contributed by atoms with van der Waals surface area (Å²) in [6, 6.07) is 8.63. The van der Waals surface area contributed by atoms with Gasteiger partial charge in [-0.25, -0.2) is 0 Å². The molecule has 2 nitrogen and oxygen atoms in total. The van der Waals surface area contributed by atoms with Crippen molar-refractivity contribution in [3.63, 3.8) is 0 Å². The van der Waals surface area contributed by atoms with Crippen molar-refractivity contribution >= 4 is 15.9 Å². The first-order valence-corrected chi connectivity index (χ1v) is 8.19. The van der Waals surface area contributed by atoms with Gasteiger partial charge in [0.15, 0.2) is 0 Å². The minimum Gasteiger partial charge on any atom is -0.379 e. The number of ether oxygens (including phenoxy) is 1. The molecule has 0 heterocycles. The van der Waals surface area contributed by atoms with E-state index >= 15 is 0 Å². The Labute approximate surface area is 132 Å². The number of benzene rings is 1. The topological polar surface area (TPSA) is 21.3 Å². The highest BCUT2D eigenvalue weighted by Crippen LogP contribution is 2.22. The zero-order valence-electron chi connectivity index (χ0n) is 13.4. The van der Waals surface area contributed by atoms with Crippen molar-refractivity contribution in [3.8, 4) is 0 Å². The van der Waals surface area contributed by atoms with Crippen molar-refractivity contribution in [2.24, 2.45) is 0 Å². The van der Waals surface area contributed by atoms with Gasteiger partial charge in [0.2, 0.25) is 0 Å². The predicted octanol–water partition coefficient (Wildman–Crippen LogP) is 4.74. The zero-order valence-corrected chi connectivity index (χ0v) is 15.0.